The van der Waals surface area contributed by atoms with E-state index in [2.05, 4.69) is 141 Å². The lowest BCUT2D eigenvalue weighted by molar-refractivity contribution is -0.285. The van der Waals surface area contributed by atoms with Gasteiger partial charge in [-0.25, -0.2) is 9.78 Å². The van der Waals surface area contributed by atoms with Crippen LogP contribution < -0.4 is 0 Å². The third-order valence-electron chi connectivity index (χ3n) is 22.2. The number of para-hydroxylation sites is 4. The molecule has 8 aromatic rings. The van der Waals surface area contributed by atoms with Crippen molar-refractivity contribution >= 4 is 66.7 Å². The van der Waals surface area contributed by atoms with E-state index in [-0.39, 0.29) is 40.9 Å². The van der Waals surface area contributed by atoms with Crippen molar-refractivity contribution in [2.24, 2.45) is 58.7 Å². The summed E-state index contributed by atoms with van der Waals surface area (Å²) in [6, 6.07) is 40.8. The van der Waals surface area contributed by atoms with Crippen LogP contribution in [0.3, 0.4) is 0 Å². The molecule has 11 atom stereocenters. The van der Waals surface area contributed by atoms with E-state index in [9.17, 15) is 29.7 Å². The molecule has 12 nitrogen and oxygen atoms in total. The second kappa shape index (κ2) is 38.4. The topological polar surface area (TPSA) is 179 Å². The molecule has 0 radical (unpaired) electrons. The summed E-state index contributed by atoms with van der Waals surface area (Å²) in [5.41, 5.74) is 8.44. The van der Waals surface area contributed by atoms with Crippen molar-refractivity contribution in [2.75, 3.05) is 0 Å². The Labute approximate surface area is 589 Å². The minimum absolute atomic E-state index is 0.0309. The van der Waals surface area contributed by atoms with E-state index in [4.69, 9.17) is 9.78 Å². The van der Waals surface area contributed by atoms with Crippen LogP contribution in [-0.4, -0.2) is 53.6 Å². The molecule has 12 rings (SSSR count). The predicted octanol–water partition coefficient (Wildman–Crippen LogP) is 21.8. The molecule has 4 aliphatic carbocycles. The summed E-state index contributed by atoms with van der Waals surface area (Å²) in [7, 11) is 0. The molecule has 0 aliphatic heterocycles. The summed E-state index contributed by atoms with van der Waals surface area (Å²) in [6.07, 6.45) is 37.7. The summed E-state index contributed by atoms with van der Waals surface area (Å²) in [4.78, 5) is 77.1. The van der Waals surface area contributed by atoms with Gasteiger partial charge in [-0.1, -0.05) is 208 Å². The smallest absolute Gasteiger partial charge is 0.136 e. The molecule has 4 heterocycles. The van der Waals surface area contributed by atoms with E-state index in [1.165, 1.54) is 47.6 Å². The van der Waals surface area contributed by atoms with Crippen LogP contribution in [-0.2, 0) is 41.8 Å². The maximum absolute atomic E-state index is 12.5. The zero-order valence-corrected chi connectivity index (χ0v) is 60.1. The van der Waals surface area contributed by atoms with Crippen LogP contribution in [0, 0.1) is 58.7 Å². The van der Waals surface area contributed by atoms with E-state index in [1.807, 2.05) is 85.2 Å². The number of Topliss-reactive ketones (excluding diaryl/α,β-unsaturated/α-hetero) is 4. The van der Waals surface area contributed by atoms with Gasteiger partial charge < -0.3 is 0 Å². The van der Waals surface area contributed by atoms with Crippen LogP contribution in [0.25, 0.3) is 43.6 Å². The van der Waals surface area contributed by atoms with Crippen LogP contribution >= 0.6 is 0 Å². The lowest BCUT2D eigenvalue weighted by atomic mass is 9.68. The zero-order chi connectivity index (χ0) is 70.1. The molecule has 4 aromatic carbocycles. The SMILES string of the molecule is CC/C=C\CC1C(=O)CCC1C(C)Cc1cccc2cccnc12.CC/C=C\CC1C(=O)CCC1CC(OO)c1cccc2cccnc12.CCCCCC1C(=O)CCC1C(C)(C)Cc1cccc2cccnc12.CCCCCC1C(=O)CCC1CC(OO)c1cccc2cccnc12. The monoisotopic (exact) mass is 1340 g/mol. The van der Waals surface area contributed by atoms with Gasteiger partial charge in [0.2, 0.25) is 0 Å². The van der Waals surface area contributed by atoms with Gasteiger partial charge in [0.1, 0.15) is 35.3 Å². The molecule has 0 saturated heterocycles. The van der Waals surface area contributed by atoms with E-state index in [0.29, 0.717) is 66.6 Å². The van der Waals surface area contributed by atoms with Gasteiger partial charge in [0.15, 0.2) is 0 Å². The first-order valence-electron chi connectivity index (χ1n) is 37.6. The van der Waals surface area contributed by atoms with Gasteiger partial charge in [-0.15, -0.1) is 0 Å². The number of carbonyl (C=O) groups is 4. The Morgan fingerprint density at radius 1 is 0.465 bits per heavy atom. The molecule has 11 unspecified atom stereocenters. The van der Waals surface area contributed by atoms with Crippen molar-refractivity contribution < 1.29 is 39.5 Å². The second-order valence-electron chi connectivity index (χ2n) is 29.3. The van der Waals surface area contributed by atoms with Gasteiger partial charge in [0.05, 0.1) is 22.1 Å². The molecule has 12 heteroatoms. The third kappa shape index (κ3) is 20.2. The number of carbonyl (C=O) groups excluding carboxylic acids is 4. The summed E-state index contributed by atoms with van der Waals surface area (Å²) in [5.74, 6) is 4.32. The average Bonchev–Trinajstić information content (AvgIpc) is 1.76. The van der Waals surface area contributed by atoms with Gasteiger partial charge in [-0.2, -0.15) is 0 Å². The molecule has 4 fully saturated rings. The lowest BCUT2D eigenvalue weighted by Gasteiger charge is -2.35. The number of rotatable bonds is 28. The van der Waals surface area contributed by atoms with Crippen LogP contribution in [0.1, 0.15) is 224 Å². The van der Waals surface area contributed by atoms with Gasteiger partial charge >= 0.3 is 0 Å². The van der Waals surface area contributed by atoms with E-state index in [1.54, 1.807) is 12.4 Å². The lowest BCUT2D eigenvalue weighted by Crippen LogP contribution is -2.31. The van der Waals surface area contributed by atoms with Crippen LogP contribution in [0.5, 0.6) is 0 Å². The summed E-state index contributed by atoms with van der Waals surface area (Å²) in [5, 5.41) is 23.6. The molecule has 99 heavy (non-hydrogen) atoms. The van der Waals surface area contributed by atoms with Crippen molar-refractivity contribution in [3.63, 3.8) is 0 Å². The van der Waals surface area contributed by atoms with E-state index < -0.39 is 12.2 Å². The Morgan fingerprint density at radius 2 is 0.869 bits per heavy atom. The molecule has 2 N–H and O–H groups in total. The molecule has 4 aromatic heterocycles. The molecular formula is C87H110N4O8. The molecule has 4 aliphatic rings. The Morgan fingerprint density at radius 3 is 1.38 bits per heavy atom. The Kier molecular flexibility index (Phi) is 29.3. The number of fused-ring (bicyclic) bond motifs is 4. The molecular weight excluding hydrogens is 1230 g/mol. The number of nitrogens with zero attached hydrogens (tertiary/aromatic N) is 4. The molecule has 0 bridgehead atoms. The van der Waals surface area contributed by atoms with Crippen molar-refractivity contribution in [1.29, 1.82) is 0 Å². The van der Waals surface area contributed by atoms with Gasteiger partial charge in [-0.05, 0) is 160 Å². The number of ketones is 4. The van der Waals surface area contributed by atoms with Crippen LogP contribution in [0.2, 0.25) is 0 Å². The summed E-state index contributed by atoms with van der Waals surface area (Å²) >= 11 is 0. The van der Waals surface area contributed by atoms with Crippen LogP contribution in [0.15, 0.2) is 170 Å². The maximum atomic E-state index is 12.5. The number of allylic oxidation sites excluding steroid dienone is 4. The van der Waals surface area contributed by atoms with E-state index >= 15 is 0 Å². The minimum Gasteiger partial charge on any atom is -0.299 e. The fourth-order valence-electron chi connectivity index (χ4n) is 17.0. The highest BCUT2D eigenvalue weighted by atomic mass is 17.1. The highest BCUT2D eigenvalue weighted by molar-refractivity contribution is 5.87. The molecule has 0 spiro atoms. The quantitative estimate of drug-likeness (QED) is 0.0205. The molecule has 526 valence electrons. The fourth-order valence-corrected chi connectivity index (χ4v) is 17.0. The minimum atomic E-state index is -0.466. The fraction of sp³-hybridized carbons (Fsp3) is 0.494. The number of hydrogen-bond acceptors (Lipinski definition) is 12. The standard InChI is InChI=1S/C23H31NO.C22H27NO.C21H27NO3.C21H25NO3/c1-4-5-6-12-19-20(13-14-21(19)25)23(2,3)16-18-10-7-9-17-11-8-15-24-22(17)18;1-3-4-5-11-20-19(12-13-21(20)24)16(2)15-18-9-6-8-17-10-7-14-23-22(17)18;2*1-2-3-4-9-17-16(11-12-19(17)23)14-20(25-24)18-10-5-7-15-8-6-13-22-21(15)18/h7-11,15,19-20H,4-6,12-14,16H2,1-3H3;4-10,14,16,19-20H,3,11-13,15H2,1-2H3;5-8,10,13,16-17,20,24H,2-4,9,11-12,14H2,1H3;3-8,10,13,16-17,20,24H,2,9,11-12,14H2,1H3/b;5-4-;;4-3-. The Bertz CT molecular complexity index is 3930. The Hall–Kier alpha value is -7.48. The first kappa shape index (κ1) is 75.7. The number of aromatic nitrogens is 4. The maximum Gasteiger partial charge on any atom is 0.136 e. The van der Waals surface area contributed by atoms with Crippen molar-refractivity contribution in [2.45, 2.75) is 215 Å². The number of hydrogen-bond donors (Lipinski definition) is 2. The molecule has 0 amide bonds. The van der Waals surface area contributed by atoms with Gasteiger partial charge in [0, 0.05) is 107 Å². The van der Waals surface area contributed by atoms with Crippen molar-refractivity contribution in [3.8, 4) is 0 Å². The average molecular weight is 1340 g/mol. The first-order chi connectivity index (χ1) is 48.2. The van der Waals surface area contributed by atoms with Crippen molar-refractivity contribution in [3.05, 3.63) is 193 Å². The van der Waals surface area contributed by atoms with Gasteiger partial charge in [0.25, 0.3) is 0 Å². The largest absolute Gasteiger partial charge is 0.299 e. The predicted molar refractivity (Wildman–Crippen MR) is 401 cm³/mol. The summed E-state index contributed by atoms with van der Waals surface area (Å²) in [6.45, 7) is 15.6. The highest BCUT2D eigenvalue weighted by Crippen LogP contribution is 2.47. The third-order valence-corrected chi connectivity index (χ3v) is 22.2. The van der Waals surface area contributed by atoms with E-state index in [0.717, 1.165) is 147 Å². The first-order valence-corrected chi connectivity index (χ1v) is 37.6. The zero-order valence-electron chi connectivity index (χ0n) is 60.1. The Balaban J connectivity index is 0.000000154. The summed E-state index contributed by atoms with van der Waals surface area (Å²) < 4.78 is 0. The highest BCUT2D eigenvalue weighted by Gasteiger charge is 2.44. The number of unbranched alkanes of at least 4 members (excludes halogenated alkanes) is 4. The molecule has 4 saturated carbocycles. The number of pyridine rings is 4. The van der Waals surface area contributed by atoms with Crippen LogP contribution in [0.4, 0.5) is 0 Å². The van der Waals surface area contributed by atoms with Gasteiger partial charge in [-0.3, -0.25) is 49.6 Å². The number of benzene rings is 4. The van der Waals surface area contributed by atoms with Crippen molar-refractivity contribution in [1.82, 2.24) is 19.9 Å². The normalized spacial score (nSPS) is 21.9. The second-order valence-corrected chi connectivity index (χ2v) is 29.3.